The molecule has 8 heteroatoms. The summed E-state index contributed by atoms with van der Waals surface area (Å²) in [6.07, 6.45) is 3.36. The number of carboxylic acid groups (broad SMARTS) is 1. The number of hydrogen-bond acceptors (Lipinski definition) is 4. The van der Waals surface area contributed by atoms with E-state index in [2.05, 4.69) is 0 Å². The molecule has 2 saturated heterocycles. The molecule has 3 atom stereocenters. The quantitative estimate of drug-likeness (QED) is 0.797. The summed E-state index contributed by atoms with van der Waals surface area (Å²) in [5.41, 5.74) is 0. The Hall–Kier alpha value is -1.15. The van der Waals surface area contributed by atoms with E-state index in [-0.39, 0.29) is 11.8 Å². The van der Waals surface area contributed by atoms with Crippen molar-refractivity contribution in [2.24, 2.45) is 5.92 Å². The third kappa shape index (κ3) is 3.37. The molecule has 0 radical (unpaired) electrons. The number of nitrogens with zero attached hydrogens (tertiary/aromatic N) is 2. The van der Waals surface area contributed by atoms with E-state index in [4.69, 9.17) is 0 Å². The van der Waals surface area contributed by atoms with Crippen molar-refractivity contribution < 1.29 is 23.1 Å². The molecule has 2 rings (SSSR count). The van der Waals surface area contributed by atoms with Gasteiger partial charge in [0, 0.05) is 13.1 Å². The fraction of sp³-hybridized carbons (Fsp3) is 0.846. The Labute approximate surface area is 125 Å². The third-order valence-corrected chi connectivity index (χ3v) is 5.64. The highest BCUT2D eigenvalue weighted by Gasteiger charge is 2.43. The van der Waals surface area contributed by atoms with Crippen LogP contribution in [0.15, 0.2) is 0 Å². The molecule has 2 aliphatic rings. The number of carbonyl (C=O) groups excluding carboxylic acids is 1. The van der Waals surface area contributed by atoms with Crippen molar-refractivity contribution >= 4 is 21.9 Å². The molecule has 3 unspecified atom stereocenters. The highest BCUT2D eigenvalue weighted by atomic mass is 32.2. The average molecular weight is 318 g/mol. The number of carbonyl (C=O) groups is 2. The number of sulfonamides is 1. The Morgan fingerprint density at radius 2 is 1.81 bits per heavy atom. The van der Waals surface area contributed by atoms with Gasteiger partial charge in [0.2, 0.25) is 15.9 Å². The second-order valence-electron chi connectivity index (χ2n) is 6.05. The van der Waals surface area contributed by atoms with Gasteiger partial charge in [0.05, 0.1) is 6.26 Å². The first-order valence-electron chi connectivity index (χ1n) is 7.22. The predicted molar refractivity (Wildman–Crippen MR) is 76.1 cm³/mol. The molecule has 1 N–H and O–H groups in total. The van der Waals surface area contributed by atoms with Gasteiger partial charge in [0.25, 0.3) is 0 Å². The van der Waals surface area contributed by atoms with Crippen LogP contribution >= 0.6 is 0 Å². The Balaban J connectivity index is 2.20. The lowest BCUT2D eigenvalue weighted by atomic mass is 9.92. The Morgan fingerprint density at radius 3 is 2.38 bits per heavy atom. The molecule has 7 nitrogen and oxygen atoms in total. The molecule has 120 valence electrons. The highest BCUT2D eigenvalue weighted by molar-refractivity contribution is 7.88. The Bertz CT molecular complexity index is 533. The lowest BCUT2D eigenvalue weighted by Crippen LogP contribution is -2.55. The van der Waals surface area contributed by atoms with Gasteiger partial charge in [-0.15, -0.1) is 0 Å². The SMILES string of the molecule is CC1CCN(C(=O)C2CCCN2S(C)(=O)=O)C(C(=O)O)C1. The maximum Gasteiger partial charge on any atom is 0.326 e. The van der Waals surface area contributed by atoms with Crippen LogP contribution in [0.4, 0.5) is 0 Å². The van der Waals surface area contributed by atoms with Crippen LogP contribution in [0.25, 0.3) is 0 Å². The zero-order chi connectivity index (χ0) is 15.8. The molecule has 2 aliphatic heterocycles. The van der Waals surface area contributed by atoms with Crippen molar-refractivity contribution in [2.45, 2.75) is 44.7 Å². The lowest BCUT2D eigenvalue weighted by molar-refractivity contribution is -0.154. The molecule has 0 aliphatic carbocycles. The standard InChI is InChI=1S/C13H22N2O5S/c1-9-5-7-14(11(8-9)13(17)18)12(16)10-4-3-6-15(10)21(2,19)20/h9-11H,3-8H2,1-2H3,(H,17,18). The maximum absolute atomic E-state index is 12.6. The third-order valence-electron chi connectivity index (χ3n) is 4.35. The van der Waals surface area contributed by atoms with Gasteiger partial charge in [0.15, 0.2) is 0 Å². The van der Waals surface area contributed by atoms with E-state index >= 15 is 0 Å². The minimum absolute atomic E-state index is 0.254. The molecule has 21 heavy (non-hydrogen) atoms. The van der Waals surface area contributed by atoms with Crippen LogP contribution in [0.2, 0.25) is 0 Å². The molecule has 2 heterocycles. The predicted octanol–water partition coefficient (Wildman–Crippen LogP) is 0.122. The Morgan fingerprint density at radius 1 is 1.14 bits per heavy atom. The molecular formula is C13H22N2O5S. The van der Waals surface area contributed by atoms with Gasteiger partial charge in [-0.25, -0.2) is 13.2 Å². The van der Waals surface area contributed by atoms with Crippen molar-refractivity contribution in [3.05, 3.63) is 0 Å². The van der Waals surface area contributed by atoms with E-state index in [1.54, 1.807) is 0 Å². The molecule has 1 amide bonds. The van der Waals surface area contributed by atoms with E-state index in [9.17, 15) is 23.1 Å². The summed E-state index contributed by atoms with van der Waals surface area (Å²) in [6.45, 7) is 2.68. The van der Waals surface area contributed by atoms with Gasteiger partial charge in [-0.2, -0.15) is 4.31 Å². The minimum Gasteiger partial charge on any atom is -0.480 e. The summed E-state index contributed by atoms with van der Waals surface area (Å²) in [5, 5.41) is 9.32. The summed E-state index contributed by atoms with van der Waals surface area (Å²) >= 11 is 0. The lowest BCUT2D eigenvalue weighted by Gasteiger charge is -2.38. The van der Waals surface area contributed by atoms with E-state index in [0.717, 1.165) is 12.7 Å². The molecule has 0 saturated carbocycles. The summed E-state index contributed by atoms with van der Waals surface area (Å²) in [7, 11) is -3.45. The minimum atomic E-state index is -3.45. The topological polar surface area (TPSA) is 95.0 Å². The molecular weight excluding hydrogens is 296 g/mol. The molecule has 0 aromatic rings. The first-order chi connectivity index (χ1) is 9.71. The van der Waals surface area contributed by atoms with Crippen molar-refractivity contribution in [3.63, 3.8) is 0 Å². The van der Waals surface area contributed by atoms with Gasteiger partial charge in [-0.05, 0) is 31.6 Å². The van der Waals surface area contributed by atoms with E-state index in [1.165, 1.54) is 9.21 Å². The van der Waals surface area contributed by atoms with Gasteiger partial charge in [-0.3, -0.25) is 4.79 Å². The summed E-state index contributed by atoms with van der Waals surface area (Å²) in [6, 6.07) is -1.58. The normalized spacial score (nSPS) is 31.3. The number of carboxylic acids is 1. The molecule has 0 aromatic carbocycles. The maximum atomic E-state index is 12.6. The Kier molecular flexibility index (Phi) is 4.57. The fourth-order valence-corrected chi connectivity index (χ4v) is 4.33. The largest absolute Gasteiger partial charge is 0.480 e. The first-order valence-corrected chi connectivity index (χ1v) is 9.06. The summed E-state index contributed by atoms with van der Waals surface area (Å²) < 4.78 is 24.7. The van der Waals surface area contributed by atoms with Crippen LogP contribution in [0.1, 0.15) is 32.6 Å². The number of aliphatic carboxylic acids is 1. The number of rotatable bonds is 3. The van der Waals surface area contributed by atoms with E-state index in [1.807, 2.05) is 6.92 Å². The summed E-state index contributed by atoms with van der Waals surface area (Å²) in [5.74, 6) is -1.12. The van der Waals surface area contributed by atoms with Crippen molar-refractivity contribution in [1.82, 2.24) is 9.21 Å². The zero-order valence-electron chi connectivity index (χ0n) is 12.4. The van der Waals surface area contributed by atoms with Crippen LogP contribution in [0.3, 0.4) is 0 Å². The molecule has 2 fully saturated rings. The first kappa shape index (κ1) is 16.2. The van der Waals surface area contributed by atoms with Crippen LogP contribution in [0.5, 0.6) is 0 Å². The molecule has 0 spiro atoms. The number of piperidine rings is 1. The molecule has 0 aromatic heterocycles. The van der Waals surface area contributed by atoms with Gasteiger partial charge < -0.3 is 10.0 Å². The smallest absolute Gasteiger partial charge is 0.326 e. The summed E-state index contributed by atoms with van der Waals surface area (Å²) in [4.78, 5) is 25.4. The van der Waals surface area contributed by atoms with Crippen LogP contribution < -0.4 is 0 Å². The second-order valence-corrected chi connectivity index (χ2v) is 7.98. The highest BCUT2D eigenvalue weighted by Crippen LogP contribution is 2.28. The monoisotopic (exact) mass is 318 g/mol. The van der Waals surface area contributed by atoms with E-state index < -0.39 is 28.1 Å². The second kappa shape index (κ2) is 5.92. The van der Waals surface area contributed by atoms with E-state index in [0.29, 0.717) is 32.4 Å². The van der Waals surface area contributed by atoms with Gasteiger partial charge >= 0.3 is 5.97 Å². The number of hydrogen-bond donors (Lipinski definition) is 1. The van der Waals surface area contributed by atoms with Crippen molar-refractivity contribution in [2.75, 3.05) is 19.3 Å². The number of amides is 1. The van der Waals surface area contributed by atoms with Crippen LogP contribution in [-0.4, -0.2) is 66.0 Å². The zero-order valence-corrected chi connectivity index (χ0v) is 13.2. The molecule has 0 bridgehead atoms. The van der Waals surface area contributed by atoms with Crippen molar-refractivity contribution in [1.29, 1.82) is 0 Å². The van der Waals surface area contributed by atoms with Crippen LogP contribution in [0, 0.1) is 5.92 Å². The van der Waals surface area contributed by atoms with Crippen molar-refractivity contribution in [3.8, 4) is 0 Å². The fourth-order valence-electron chi connectivity index (χ4n) is 3.21. The van der Waals surface area contributed by atoms with Crippen LogP contribution in [-0.2, 0) is 19.6 Å². The van der Waals surface area contributed by atoms with Gasteiger partial charge in [-0.1, -0.05) is 6.92 Å². The number of likely N-dealkylation sites (tertiary alicyclic amines) is 1. The van der Waals surface area contributed by atoms with Gasteiger partial charge in [0.1, 0.15) is 12.1 Å². The average Bonchev–Trinajstić information content (AvgIpc) is 2.86.